The molecule has 0 bridgehead atoms. The number of thiazole rings is 1. The Morgan fingerprint density at radius 1 is 1.63 bits per heavy atom. The number of piperidine rings is 1. The molecule has 2 heterocycles. The van der Waals surface area contributed by atoms with Crippen molar-refractivity contribution in [2.24, 2.45) is 5.73 Å². The van der Waals surface area contributed by atoms with Gasteiger partial charge in [0.1, 0.15) is 10.7 Å². The van der Waals surface area contributed by atoms with Gasteiger partial charge in [-0.3, -0.25) is 4.79 Å². The minimum absolute atomic E-state index is 0.0712. The maximum Gasteiger partial charge on any atom is 0.270 e. The Hall–Kier alpha value is -0.980. The zero-order valence-corrected chi connectivity index (χ0v) is 12.4. The molecular weight excluding hydrogens is 260 g/mol. The van der Waals surface area contributed by atoms with E-state index in [4.69, 9.17) is 5.73 Å². The molecule has 1 saturated heterocycles. The number of aromatic nitrogens is 1. The molecule has 1 atom stereocenters. The van der Waals surface area contributed by atoms with Crippen molar-refractivity contribution in [3.63, 3.8) is 0 Å². The highest BCUT2D eigenvalue weighted by atomic mass is 32.1. The van der Waals surface area contributed by atoms with Crippen molar-refractivity contribution in [2.75, 3.05) is 19.6 Å². The highest BCUT2D eigenvalue weighted by molar-refractivity contribution is 7.09. The molecule has 0 spiro atoms. The van der Waals surface area contributed by atoms with Gasteiger partial charge in [-0.2, -0.15) is 0 Å². The summed E-state index contributed by atoms with van der Waals surface area (Å²) in [5.74, 6) is -0.0712. The second-order valence-corrected chi connectivity index (χ2v) is 5.93. The number of rotatable bonds is 4. The van der Waals surface area contributed by atoms with Crippen LogP contribution in [0.5, 0.6) is 0 Å². The normalized spacial score (nSPS) is 19.3. The van der Waals surface area contributed by atoms with E-state index in [-0.39, 0.29) is 18.0 Å². The summed E-state index contributed by atoms with van der Waals surface area (Å²) >= 11 is 1.45. The Labute approximate surface area is 118 Å². The van der Waals surface area contributed by atoms with Gasteiger partial charge in [0.15, 0.2) is 0 Å². The van der Waals surface area contributed by atoms with Crippen LogP contribution in [0.4, 0.5) is 0 Å². The van der Waals surface area contributed by atoms with E-state index in [0.717, 1.165) is 37.5 Å². The van der Waals surface area contributed by atoms with Crippen LogP contribution in [0, 0.1) is 0 Å². The van der Waals surface area contributed by atoms with E-state index in [1.54, 1.807) is 5.38 Å². The molecule has 0 aromatic carbocycles. The van der Waals surface area contributed by atoms with Crippen LogP contribution in [0.15, 0.2) is 5.38 Å². The number of nitrogens with zero attached hydrogens (tertiary/aromatic N) is 2. The van der Waals surface area contributed by atoms with Crippen LogP contribution in [-0.4, -0.2) is 41.5 Å². The van der Waals surface area contributed by atoms with Gasteiger partial charge < -0.3 is 16.0 Å². The maximum absolute atomic E-state index is 12.1. The van der Waals surface area contributed by atoms with Crippen LogP contribution in [0.25, 0.3) is 0 Å². The molecule has 3 N–H and O–H groups in total. The molecule has 1 aromatic heterocycles. The minimum Gasteiger partial charge on any atom is -0.348 e. The molecule has 19 heavy (non-hydrogen) atoms. The quantitative estimate of drug-likeness (QED) is 0.875. The van der Waals surface area contributed by atoms with Gasteiger partial charge in [0, 0.05) is 24.5 Å². The van der Waals surface area contributed by atoms with E-state index in [2.05, 4.69) is 22.1 Å². The predicted molar refractivity (Wildman–Crippen MR) is 77.3 cm³/mol. The van der Waals surface area contributed by atoms with Crippen LogP contribution in [-0.2, 0) is 0 Å². The topological polar surface area (TPSA) is 71.2 Å². The van der Waals surface area contributed by atoms with E-state index in [1.165, 1.54) is 11.3 Å². The van der Waals surface area contributed by atoms with Crippen molar-refractivity contribution >= 4 is 17.2 Å². The monoisotopic (exact) mass is 282 g/mol. The zero-order chi connectivity index (χ0) is 13.8. The zero-order valence-electron chi connectivity index (χ0n) is 11.6. The van der Waals surface area contributed by atoms with Crippen LogP contribution in [0.1, 0.15) is 48.2 Å². The van der Waals surface area contributed by atoms with E-state index in [9.17, 15) is 4.79 Å². The molecule has 1 aromatic rings. The largest absolute Gasteiger partial charge is 0.348 e. The first kappa shape index (κ1) is 14.4. The minimum atomic E-state index is -0.112. The lowest BCUT2D eigenvalue weighted by Crippen LogP contribution is -2.44. The lowest BCUT2D eigenvalue weighted by atomic mass is 10.1. The second kappa shape index (κ2) is 6.45. The van der Waals surface area contributed by atoms with Gasteiger partial charge in [0.05, 0.1) is 6.04 Å². The highest BCUT2D eigenvalue weighted by Crippen LogP contribution is 2.16. The number of nitrogens with one attached hydrogen (secondary N) is 1. The summed E-state index contributed by atoms with van der Waals surface area (Å²) in [6.07, 6.45) is 2.04. The Balaban J connectivity index is 1.87. The summed E-state index contributed by atoms with van der Waals surface area (Å²) < 4.78 is 0. The van der Waals surface area contributed by atoms with Gasteiger partial charge in [-0.1, -0.05) is 6.92 Å². The van der Waals surface area contributed by atoms with Crippen molar-refractivity contribution in [1.82, 2.24) is 15.2 Å². The third-order valence-corrected chi connectivity index (χ3v) is 4.56. The summed E-state index contributed by atoms with van der Waals surface area (Å²) in [7, 11) is 0. The fourth-order valence-electron chi connectivity index (χ4n) is 2.25. The molecule has 1 aliphatic rings. The fraction of sp³-hybridized carbons (Fsp3) is 0.692. The number of carbonyl (C=O) groups is 1. The van der Waals surface area contributed by atoms with Crippen LogP contribution in [0.3, 0.4) is 0 Å². The lowest BCUT2D eigenvalue weighted by Gasteiger charge is -2.31. The summed E-state index contributed by atoms with van der Waals surface area (Å²) in [4.78, 5) is 18.8. The van der Waals surface area contributed by atoms with E-state index in [0.29, 0.717) is 5.69 Å². The number of likely N-dealkylation sites (tertiary alicyclic amines) is 1. The summed E-state index contributed by atoms with van der Waals surface area (Å²) in [6.45, 7) is 7.25. The number of amides is 1. The molecule has 5 nitrogen and oxygen atoms in total. The first-order chi connectivity index (χ1) is 9.10. The standard InChI is InChI=1S/C13H22N4OS/c1-3-17-6-4-10(5-7-17)15-12(18)11-8-19-13(16-11)9(2)14/h8-10H,3-7,14H2,1-2H3,(H,15,18). The predicted octanol–water partition coefficient (Wildman–Crippen LogP) is 1.38. The van der Waals surface area contributed by atoms with Crippen molar-refractivity contribution in [1.29, 1.82) is 0 Å². The van der Waals surface area contributed by atoms with Gasteiger partial charge in [0.25, 0.3) is 5.91 Å². The Bertz CT molecular complexity index is 424. The summed E-state index contributed by atoms with van der Waals surface area (Å²) in [6, 6.07) is 0.162. The Morgan fingerprint density at radius 3 is 2.84 bits per heavy atom. The van der Waals surface area contributed by atoms with Crippen LogP contribution in [0.2, 0.25) is 0 Å². The first-order valence-corrected chi connectivity index (χ1v) is 7.72. The molecule has 6 heteroatoms. The number of carbonyl (C=O) groups excluding carboxylic acids is 1. The Kier molecular flexibility index (Phi) is 4.90. The van der Waals surface area contributed by atoms with E-state index >= 15 is 0 Å². The van der Waals surface area contributed by atoms with E-state index in [1.807, 2.05) is 6.92 Å². The van der Waals surface area contributed by atoms with E-state index < -0.39 is 0 Å². The average Bonchev–Trinajstić information content (AvgIpc) is 2.89. The third kappa shape index (κ3) is 3.75. The van der Waals surface area contributed by atoms with Crippen LogP contribution >= 0.6 is 11.3 Å². The Morgan fingerprint density at radius 2 is 2.32 bits per heavy atom. The van der Waals surface area contributed by atoms with Gasteiger partial charge in [-0.05, 0) is 26.3 Å². The smallest absolute Gasteiger partial charge is 0.270 e. The SMILES string of the molecule is CCN1CCC(NC(=O)c2csc(C(C)N)n2)CC1. The van der Waals surface area contributed by atoms with Crippen molar-refractivity contribution < 1.29 is 4.79 Å². The third-order valence-electron chi connectivity index (χ3n) is 3.51. The summed E-state index contributed by atoms with van der Waals surface area (Å²) in [5, 5.41) is 5.67. The second-order valence-electron chi connectivity index (χ2n) is 5.04. The van der Waals surface area contributed by atoms with Crippen LogP contribution < -0.4 is 11.1 Å². The molecule has 0 saturated carbocycles. The molecule has 0 aliphatic carbocycles. The molecule has 1 unspecified atom stereocenters. The first-order valence-electron chi connectivity index (χ1n) is 6.84. The van der Waals surface area contributed by atoms with Gasteiger partial charge in [-0.15, -0.1) is 11.3 Å². The number of nitrogens with two attached hydrogens (primary N) is 1. The van der Waals surface area contributed by atoms with Gasteiger partial charge in [0.2, 0.25) is 0 Å². The maximum atomic E-state index is 12.1. The molecule has 1 amide bonds. The number of hydrogen-bond donors (Lipinski definition) is 2. The lowest BCUT2D eigenvalue weighted by molar-refractivity contribution is 0.0908. The van der Waals surface area contributed by atoms with Crippen molar-refractivity contribution in [3.05, 3.63) is 16.1 Å². The summed E-state index contributed by atoms with van der Waals surface area (Å²) in [5.41, 5.74) is 6.25. The molecule has 2 rings (SSSR count). The molecule has 106 valence electrons. The van der Waals surface area contributed by atoms with Crippen molar-refractivity contribution in [3.8, 4) is 0 Å². The van der Waals surface area contributed by atoms with Gasteiger partial charge >= 0.3 is 0 Å². The molecule has 1 fully saturated rings. The molecule has 1 aliphatic heterocycles. The molecule has 0 radical (unpaired) electrons. The highest BCUT2D eigenvalue weighted by Gasteiger charge is 2.21. The fourth-order valence-corrected chi connectivity index (χ4v) is 3.01. The average molecular weight is 282 g/mol. The van der Waals surface area contributed by atoms with Crippen molar-refractivity contribution in [2.45, 2.75) is 38.8 Å². The van der Waals surface area contributed by atoms with Gasteiger partial charge in [-0.25, -0.2) is 4.98 Å². The number of hydrogen-bond acceptors (Lipinski definition) is 5. The molecular formula is C13H22N4OS.